The van der Waals surface area contributed by atoms with Crippen molar-refractivity contribution in [3.05, 3.63) is 66.6 Å². The Morgan fingerprint density at radius 2 is 1.65 bits per heavy atom. The molecule has 0 radical (unpaired) electrons. The summed E-state index contributed by atoms with van der Waals surface area (Å²) < 4.78 is 1.72. The number of tetrazole rings is 1. The number of likely N-dealkylation sites (tertiary alicyclic amines) is 1. The molecule has 34 heavy (non-hydrogen) atoms. The molecule has 9 heteroatoms. The first kappa shape index (κ1) is 20.7. The van der Waals surface area contributed by atoms with Gasteiger partial charge in [0.15, 0.2) is 5.82 Å². The van der Waals surface area contributed by atoms with Crippen LogP contribution in [0.5, 0.6) is 0 Å². The molecular formula is C25H26N8O. The summed E-state index contributed by atoms with van der Waals surface area (Å²) >= 11 is 0. The molecule has 6 rings (SSSR count). The molecule has 9 nitrogen and oxygen atoms in total. The number of hydrogen-bond acceptors (Lipinski definition) is 7. The van der Waals surface area contributed by atoms with Crippen LogP contribution < -0.4 is 4.90 Å². The van der Waals surface area contributed by atoms with Gasteiger partial charge in [-0.3, -0.25) is 9.78 Å². The second-order valence-electron chi connectivity index (χ2n) is 9.16. The average molecular weight is 455 g/mol. The largest absolute Gasteiger partial charge is 0.355 e. The maximum atomic E-state index is 13.7. The summed E-state index contributed by atoms with van der Waals surface area (Å²) in [6, 6.07) is 17.7. The molecule has 1 spiro atoms. The van der Waals surface area contributed by atoms with Gasteiger partial charge in [-0.15, -0.1) is 5.10 Å². The minimum Gasteiger partial charge on any atom is -0.355 e. The number of anilines is 1. The van der Waals surface area contributed by atoms with Gasteiger partial charge in [0.05, 0.1) is 34.9 Å². The topological polar surface area (TPSA) is 92.9 Å². The van der Waals surface area contributed by atoms with Gasteiger partial charge in [0.25, 0.3) is 0 Å². The highest BCUT2D eigenvalue weighted by Crippen LogP contribution is 2.42. The number of aromatic nitrogens is 6. The minimum atomic E-state index is -0.315. The Balaban J connectivity index is 1.17. The Labute approximate surface area is 197 Å². The average Bonchev–Trinajstić information content (AvgIpc) is 3.36. The second-order valence-corrected chi connectivity index (χ2v) is 9.16. The lowest BCUT2D eigenvalue weighted by molar-refractivity contribution is -0.148. The van der Waals surface area contributed by atoms with Crippen LogP contribution in [0.3, 0.4) is 0 Å². The summed E-state index contributed by atoms with van der Waals surface area (Å²) in [7, 11) is 0. The van der Waals surface area contributed by atoms with Gasteiger partial charge in [0.2, 0.25) is 5.91 Å². The molecule has 0 unspecified atom stereocenters. The first-order chi connectivity index (χ1) is 16.7. The van der Waals surface area contributed by atoms with E-state index < -0.39 is 0 Å². The molecule has 4 heterocycles. The Hall–Kier alpha value is -3.88. The molecule has 4 aromatic rings. The standard InChI is InChI=1S/C25H26N8O/c34-24-25(12-15-31(16-13-25)22-17-26-20-9-4-5-10-21(20)27-22)11-6-14-32(24)18-23-28-29-30-33(23)19-7-2-1-3-8-19/h1-5,7-10,17H,6,11-16,18H2. The van der Waals surface area contributed by atoms with Crippen molar-refractivity contribution in [2.24, 2.45) is 5.41 Å². The summed E-state index contributed by atoms with van der Waals surface area (Å²) in [4.78, 5) is 27.3. The van der Waals surface area contributed by atoms with Gasteiger partial charge in [-0.2, -0.15) is 4.68 Å². The third-order valence-electron chi connectivity index (χ3n) is 7.17. The zero-order valence-electron chi connectivity index (χ0n) is 18.9. The molecule has 2 aliphatic heterocycles. The Morgan fingerprint density at radius 1 is 0.882 bits per heavy atom. The van der Waals surface area contributed by atoms with Crippen molar-refractivity contribution in [2.45, 2.75) is 32.2 Å². The van der Waals surface area contributed by atoms with Crippen molar-refractivity contribution in [1.82, 2.24) is 35.1 Å². The molecular weight excluding hydrogens is 428 g/mol. The van der Waals surface area contributed by atoms with Gasteiger partial charge >= 0.3 is 0 Å². The second kappa shape index (κ2) is 8.48. The first-order valence-corrected chi connectivity index (χ1v) is 11.8. The van der Waals surface area contributed by atoms with Gasteiger partial charge in [-0.05, 0) is 60.4 Å². The quantitative estimate of drug-likeness (QED) is 0.468. The monoisotopic (exact) mass is 454 g/mol. The number of amides is 1. The van der Waals surface area contributed by atoms with E-state index in [0.29, 0.717) is 12.4 Å². The van der Waals surface area contributed by atoms with Crippen LogP contribution in [0.2, 0.25) is 0 Å². The molecule has 0 aliphatic carbocycles. The van der Waals surface area contributed by atoms with Crippen molar-refractivity contribution in [2.75, 3.05) is 24.5 Å². The normalized spacial score (nSPS) is 18.1. The van der Waals surface area contributed by atoms with Crippen molar-refractivity contribution < 1.29 is 4.79 Å². The van der Waals surface area contributed by atoms with Gasteiger partial charge < -0.3 is 9.80 Å². The molecule has 0 bridgehead atoms. The molecule has 2 aliphatic rings. The van der Waals surface area contributed by atoms with E-state index in [1.54, 1.807) is 4.68 Å². The molecule has 172 valence electrons. The molecule has 2 aromatic carbocycles. The van der Waals surface area contributed by atoms with Crippen LogP contribution in [0.1, 0.15) is 31.5 Å². The van der Waals surface area contributed by atoms with E-state index in [4.69, 9.17) is 4.98 Å². The lowest BCUT2D eigenvalue weighted by Crippen LogP contribution is -2.53. The third-order valence-corrected chi connectivity index (χ3v) is 7.17. The van der Waals surface area contributed by atoms with Crippen LogP contribution in [0.15, 0.2) is 60.8 Å². The molecule has 0 atom stereocenters. The predicted octanol–water partition coefficient (Wildman–Crippen LogP) is 3.01. The number of carbonyl (C=O) groups excluding carboxylic acids is 1. The van der Waals surface area contributed by atoms with Gasteiger partial charge in [-0.25, -0.2) is 4.98 Å². The molecule has 2 aromatic heterocycles. The van der Waals surface area contributed by atoms with E-state index >= 15 is 0 Å². The number of fused-ring (bicyclic) bond motifs is 1. The Bertz CT molecular complexity index is 1310. The number of carbonyl (C=O) groups is 1. The van der Waals surface area contributed by atoms with Crippen LogP contribution in [0, 0.1) is 5.41 Å². The van der Waals surface area contributed by atoms with E-state index in [9.17, 15) is 4.79 Å². The fourth-order valence-electron chi connectivity index (χ4n) is 5.28. The highest BCUT2D eigenvalue weighted by atomic mass is 16.2. The molecule has 0 N–H and O–H groups in total. The van der Waals surface area contributed by atoms with Crippen molar-refractivity contribution >= 4 is 22.8 Å². The predicted molar refractivity (Wildman–Crippen MR) is 127 cm³/mol. The third kappa shape index (κ3) is 3.67. The number of nitrogens with zero attached hydrogens (tertiary/aromatic N) is 8. The van der Waals surface area contributed by atoms with Crippen molar-refractivity contribution in [1.29, 1.82) is 0 Å². The van der Waals surface area contributed by atoms with Crippen LogP contribution in [0.25, 0.3) is 16.7 Å². The van der Waals surface area contributed by atoms with E-state index in [1.807, 2.05) is 65.7 Å². The number of benzene rings is 2. The smallest absolute Gasteiger partial charge is 0.229 e. The highest BCUT2D eigenvalue weighted by molar-refractivity contribution is 5.84. The zero-order chi connectivity index (χ0) is 23.0. The maximum Gasteiger partial charge on any atom is 0.229 e. The number of rotatable bonds is 4. The summed E-state index contributed by atoms with van der Waals surface area (Å²) in [5.74, 6) is 1.79. The van der Waals surface area contributed by atoms with Gasteiger partial charge in [0.1, 0.15) is 5.82 Å². The van der Waals surface area contributed by atoms with Crippen LogP contribution in [-0.4, -0.2) is 60.6 Å². The van der Waals surface area contributed by atoms with E-state index in [1.165, 1.54) is 0 Å². The van der Waals surface area contributed by atoms with E-state index in [0.717, 1.165) is 67.9 Å². The number of para-hydroxylation sites is 3. The highest BCUT2D eigenvalue weighted by Gasteiger charge is 2.46. The minimum absolute atomic E-state index is 0.227. The maximum absolute atomic E-state index is 13.7. The fraction of sp³-hybridized carbons (Fsp3) is 0.360. The summed E-state index contributed by atoms with van der Waals surface area (Å²) in [5.41, 5.74) is 2.38. The molecule has 0 saturated carbocycles. The SMILES string of the molecule is O=C1N(Cc2nnnn2-c2ccccc2)CCCC12CCN(c1cnc3ccccc3n1)CC2. The number of piperidine rings is 2. The van der Waals surface area contributed by atoms with Crippen molar-refractivity contribution in [3.8, 4) is 5.69 Å². The number of hydrogen-bond donors (Lipinski definition) is 0. The van der Waals surface area contributed by atoms with E-state index in [-0.39, 0.29) is 11.3 Å². The van der Waals surface area contributed by atoms with Crippen molar-refractivity contribution in [3.63, 3.8) is 0 Å². The molecule has 2 saturated heterocycles. The molecule has 2 fully saturated rings. The van der Waals surface area contributed by atoms with Gasteiger partial charge in [-0.1, -0.05) is 30.3 Å². The van der Waals surface area contributed by atoms with Gasteiger partial charge in [0, 0.05) is 19.6 Å². The lowest BCUT2D eigenvalue weighted by Gasteiger charge is -2.46. The van der Waals surface area contributed by atoms with Crippen LogP contribution >= 0.6 is 0 Å². The van der Waals surface area contributed by atoms with Crippen LogP contribution in [0.4, 0.5) is 5.82 Å². The summed E-state index contributed by atoms with van der Waals surface area (Å²) in [6.07, 6.45) is 5.41. The Morgan fingerprint density at radius 3 is 2.47 bits per heavy atom. The lowest BCUT2D eigenvalue weighted by atomic mass is 9.71. The summed E-state index contributed by atoms with van der Waals surface area (Å²) in [6.45, 7) is 2.76. The van der Waals surface area contributed by atoms with Crippen LogP contribution in [-0.2, 0) is 11.3 Å². The first-order valence-electron chi connectivity index (χ1n) is 11.8. The Kier molecular flexibility index (Phi) is 5.16. The summed E-state index contributed by atoms with van der Waals surface area (Å²) in [5, 5.41) is 12.2. The fourth-order valence-corrected chi connectivity index (χ4v) is 5.28. The van der Waals surface area contributed by atoms with E-state index in [2.05, 4.69) is 25.4 Å². The zero-order valence-corrected chi connectivity index (χ0v) is 18.9. The molecule has 1 amide bonds.